The molecule has 1 aliphatic heterocycles. The van der Waals surface area contributed by atoms with E-state index in [2.05, 4.69) is 37.1 Å². The average molecular weight is 311 g/mol. The summed E-state index contributed by atoms with van der Waals surface area (Å²) >= 11 is 6.45. The second kappa shape index (κ2) is 6.15. The number of anilines is 1. The summed E-state index contributed by atoms with van der Waals surface area (Å²) < 4.78 is 0. The zero-order valence-electron chi connectivity index (χ0n) is 13.5. The maximum absolute atomic E-state index is 10.3. The van der Waals surface area contributed by atoms with Crippen molar-refractivity contribution >= 4 is 17.3 Å². The van der Waals surface area contributed by atoms with Gasteiger partial charge in [0.25, 0.3) is 0 Å². The summed E-state index contributed by atoms with van der Waals surface area (Å²) in [7, 11) is 0. The van der Waals surface area contributed by atoms with Gasteiger partial charge >= 0.3 is 0 Å². The van der Waals surface area contributed by atoms with Gasteiger partial charge < -0.3 is 15.3 Å². The molecule has 0 radical (unpaired) electrons. The fourth-order valence-corrected chi connectivity index (χ4v) is 3.14. The van der Waals surface area contributed by atoms with E-state index in [0.29, 0.717) is 6.54 Å². The molecular formula is C17H27ClN2O. The highest BCUT2D eigenvalue weighted by atomic mass is 35.5. The predicted molar refractivity (Wildman–Crippen MR) is 90.1 cm³/mol. The Morgan fingerprint density at radius 1 is 1.38 bits per heavy atom. The Labute approximate surface area is 133 Å². The second-order valence-corrected chi connectivity index (χ2v) is 7.78. The van der Waals surface area contributed by atoms with Crippen molar-refractivity contribution in [2.45, 2.75) is 58.2 Å². The number of hydrogen-bond acceptors (Lipinski definition) is 3. The average Bonchev–Trinajstić information content (AvgIpc) is 2.34. The summed E-state index contributed by atoms with van der Waals surface area (Å²) in [4.78, 5) is 2.23. The number of aliphatic hydroxyl groups is 1. The van der Waals surface area contributed by atoms with Gasteiger partial charge in [-0.05, 0) is 52.2 Å². The van der Waals surface area contributed by atoms with E-state index in [1.807, 2.05) is 19.1 Å². The first-order chi connectivity index (χ1) is 9.68. The minimum atomic E-state index is -0.633. The second-order valence-electron chi connectivity index (χ2n) is 7.37. The van der Waals surface area contributed by atoms with Gasteiger partial charge in [-0.2, -0.15) is 0 Å². The normalized spacial score (nSPS) is 23.4. The first kappa shape index (κ1) is 16.6. The maximum Gasteiger partial charge on any atom is 0.0794 e. The Balaban J connectivity index is 2.25. The van der Waals surface area contributed by atoms with Gasteiger partial charge in [-0.15, -0.1) is 0 Å². The molecule has 1 heterocycles. The molecule has 2 N–H and O–H groups in total. The lowest BCUT2D eigenvalue weighted by Gasteiger charge is -2.39. The lowest BCUT2D eigenvalue weighted by molar-refractivity contribution is 0.0449. The molecule has 0 aromatic heterocycles. The SMILES string of the molecule is CC1(O)CCCN(c2c(Cl)cccc2CNC(C)(C)C)C1. The molecule has 1 aromatic carbocycles. The van der Waals surface area contributed by atoms with E-state index < -0.39 is 5.60 Å². The van der Waals surface area contributed by atoms with Crippen LogP contribution in [-0.2, 0) is 6.54 Å². The molecule has 1 unspecified atom stereocenters. The van der Waals surface area contributed by atoms with E-state index in [4.69, 9.17) is 11.6 Å². The van der Waals surface area contributed by atoms with Crippen LogP contribution in [0.5, 0.6) is 0 Å². The Bertz CT molecular complexity index is 494. The first-order valence-corrected chi connectivity index (χ1v) is 8.05. The molecule has 1 aromatic rings. The molecule has 0 bridgehead atoms. The summed E-state index contributed by atoms with van der Waals surface area (Å²) in [6, 6.07) is 6.04. The van der Waals surface area contributed by atoms with Crippen molar-refractivity contribution in [1.29, 1.82) is 0 Å². The highest BCUT2D eigenvalue weighted by Gasteiger charge is 2.30. The predicted octanol–water partition coefficient (Wildman–Crippen LogP) is 3.58. The smallest absolute Gasteiger partial charge is 0.0794 e. The van der Waals surface area contributed by atoms with E-state index in [1.54, 1.807) is 0 Å². The summed E-state index contributed by atoms with van der Waals surface area (Å²) in [5.41, 5.74) is 1.69. The van der Waals surface area contributed by atoms with E-state index in [9.17, 15) is 5.11 Å². The van der Waals surface area contributed by atoms with Crippen LogP contribution < -0.4 is 10.2 Å². The third-order valence-corrected chi connectivity index (χ3v) is 4.18. The molecular weight excluding hydrogens is 284 g/mol. The van der Waals surface area contributed by atoms with Crippen LogP contribution >= 0.6 is 11.6 Å². The van der Waals surface area contributed by atoms with Crippen LogP contribution in [0, 0.1) is 0 Å². The molecule has 2 rings (SSSR count). The monoisotopic (exact) mass is 310 g/mol. The zero-order chi connectivity index (χ0) is 15.7. The molecule has 118 valence electrons. The number of piperidine rings is 1. The molecule has 1 aliphatic rings. The molecule has 4 heteroatoms. The quantitative estimate of drug-likeness (QED) is 0.896. The molecule has 1 fully saturated rings. The van der Waals surface area contributed by atoms with Gasteiger partial charge in [-0.1, -0.05) is 23.7 Å². The summed E-state index contributed by atoms with van der Waals surface area (Å²) in [5, 5.41) is 14.6. The van der Waals surface area contributed by atoms with Crippen LogP contribution in [0.15, 0.2) is 18.2 Å². The Kier molecular flexibility index (Phi) is 4.86. The molecule has 21 heavy (non-hydrogen) atoms. The van der Waals surface area contributed by atoms with Crippen molar-refractivity contribution in [2.75, 3.05) is 18.0 Å². The Morgan fingerprint density at radius 2 is 2.10 bits per heavy atom. The number of halogens is 1. The van der Waals surface area contributed by atoms with E-state index in [-0.39, 0.29) is 5.54 Å². The molecule has 0 amide bonds. The standard InChI is InChI=1S/C17H27ClN2O/c1-16(2,3)19-11-13-7-5-8-14(18)15(13)20-10-6-9-17(4,21)12-20/h5,7-8,19,21H,6,9-12H2,1-4H3. The van der Waals surface area contributed by atoms with Crippen LogP contribution in [0.25, 0.3) is 0 Å². The highest BCUT2D eigenvalue weighted by molar-refractivity contribution is 6.33. The van der Waals surface area contributed by atoms with Crippen molar-refractivity contribution in [3.63, 3.8) is 0 Å². The lowest BCUT2D eigenvalue weighted by atomic mass is 9.94. The van der Waals surface area contributed by atoms with Crippen molar-refractivity contribution in [3.05, 3.63) is 28.8 Å². The van der Waals surface area contributed by atoms with Crippen LogP contribution in [0.3, 0.4) is 0 Å². The van der Waals surface area contributed by atoms with Crippen molar-refractivity contribution in [1.82, 2.24) is 5.32 Å². The third-order valence-electron chi connectivity index (χ3n) is 3.87. The molecule has 3 nitrogen and oxygen atoms in total. The minimum absolute atomic E-state index is 0.0625. The van der Waals surface area contributed by atoms with Gasteiger partial charge in [0.15, 0.2) is 0 Å². The maximum atomic E-state index is 10.3. The summed E-state index contributed by atoms with van der Waals surface area (Å²) in [6.07, 6.45) is 1.84. The van der Waals surface area contributed by atoms with Crippen LogP contribution in [0.4, 0.5) is 5.69 Å². The third kappa shape index (κ3) is 4.60. The fourth-order valence-electron chi connectivity index (χ4n) is 2.83. The number of benzene rings is 1. The van der Waals surface area contributed by atoms with Crippen molar-refractivity contribution in [3.8, 4) is 0 Å². The van der Waals surface area contributed by atoms with Crippen LogP contribution in [0.1, 0.15) is 46.1 Å². The number of nitrogens with one attached hydrogen (secondary N) is 1. The van der Waals surface area contributed by atoms with Gasteiger partial charge in [0.2, 0.25) is 0 Å². The van der Waals surface area contributed by atoms with E-state index >= 15 is 0 Å². The number of nitrogens with zero attached hydrogens (tertiary/aromatic N) is 1. The van der Waals surface area contributed by atoms with Gasteiger partial charge in [-0.25, -0.2) is 0 Å². The van der Waals surface area contributed by atoms with Crippen LogP contribution in [-0.4, -0.2) is 29.3 Å². The molecule has 0 aliphatic carbocycles. The Hall–Kier alpha value is -0.770. The van der Waals surface area contributed by atoms with Crippen molar-refractivity contribution in [2.24, 2.45) is 0 Å². The first-order valence-electron chi connectivity index (χ1n) is 7.68. The fraction of sp³-hybridized carbons (Fsp3) is 0.647. The van der Waals surface area contributed by atoms with Crippen molar-refractivity contribution < 1.29 is 5.11 Å². The molecule has 0 saturated carbocycles. The molecule has 0 spiro atoms. The highest BCUT2D eigenvalue weighted by Crippen LogP contribution is 2.34. The Morgan fingerprint density at radius 3 is 2.71 bits per heavy atom. The van der Waals surface area contributed by atoms with E-state index in [0.717, 1.165) is 36.6 Å². The van der Waals surface area contributed by atoms with Crippen LogP contribution in [0.2, 0.25) is 5.02 Å². The topological polar surface area (TPSA) is 35.5 Å². The summed E-state index contributed by atoms with van der Waals surface area (Å²) in [5.74, 6) is 0. The molecule has 1 saturated heterocycles. The summed E-state index contributed by atoms with van der Waals surface area (Å²) in [6.45, 7) is 10.7. The van der Waals surface area contributed by atoms with Gasteiger partial charge in [0.1, 0.15) is 0 Å². The van der Waals surface area contributed by atoms with Gasteiger partial charge in [-0.3, -0.25) is 0 Å². The minimum Gasteiger partial charge on any atom is -0.388 e. The number of β-amino-alcohol motifs (C(OH)–C–C–N with tert-alkyl or cyclic N) is 1. The van der Waals surface area contributed by atoms with E-state index in [1.165, 1.54) is 5.56 Å². The molecule has 1 atom stereocenters. The van der Waals surface area contributed by atoms with Gasteiger partial charge in [0.05, 0.1) is 16.3 Å². The number of para-hydroxylation sites is 1. The number of hydrogen-bond donors (Lipinski definition) is 2. The lowest BCUT2D eigenvalue weighted by Crippen LogP contribution is -2.46. The zero-order valence-corrected chi connectivity index (χ0v) is 14.3. The number of rotatable bonds is 3. The largest absolute Gasteiger partial charge is 0.388 e. The van der Waals surface area contributed by atoms with Gasteiger partial charge in [0, 0.05) is 25.2 Å².